The quantitative estimate of drug-likeness (QED) is 0.755. The average molecular weight is 352 g/mol. The largest absolute Gasteiger partial charge is 0.367 e. The number of piperidine rings is 1. The van der Waals surface area contributed by atoms with E-state index >= 15 is 0 Å². The summed E-state index contributed by atoms with van der Waals surface area (Å²) in [5.74, 6) is 1.46. The minimum Gasteiger partial charge on any atom is -0.367 e. The van der Waals surface area contributed by atoms with Gasteiger partial charge in [-0.05, 0) is 51.4 Å². The van der Waals surface area contributed by atoms with E-state index in [1.807, 2.05) is 32.3 Å². The number of aromatic nitrogens is 4. The fraction of sp³-hybridized carbons (Fsp3) is 0.474. The van der Waals surface area contributed by atoms with Gasteiger partial charge in [0.15, 0.2) is 0 Å². The molecule has 1 aliphatic rings. The van der Waals surface area contributed by atoms with E-state index in [1.165, 1.54) is 24.8 Å². The molecule has 136 valence electrons. The maximum atomic E-state index is 5.32. The van der Waals surface area contributed by atoms with Crippen LogP contribution in [0, 0.1) is 13.8 Å². The summed E-state index contributed by atoms with van der Waals surface area (Å²) in [6.07, 6.45) is 7.60. The first-order valence-corrected chi connectivity index (χ1v) is 9.21. The van der Waals surface area contributed by atoms with Crippen LogP contribution in [-0.2, 0) is 0 Å². The van der Waals surface area contributed by atoms with Gasteiger partial charge < -0.3 is 9.84 Å². The number of nitrogens with one attached hydrogen (secondary N) is 1. The van der Waals surface area contributed by atoms with Crippen molar-refractivity contribution < 1.29 is 4.52 Å². The second-order valence-corrected chi connectivity index (χ2v) is 6.85. The van der Waals surface area contributed by atoms with Crippen molar-refractivity contribution in [1.82, 2.24) is 25.0 Å². The van der Waals surface area contributed by atoms with Gasteiger partial charge in [-0.3, -0.25) is 9.88 Å². The lowest BCUT2D eigenvalue weighted by Crippen LogP contribution is -2.37. The van der Waals surface area contributed by atoms with Gasteiger partial charge in [-0.15, -0.1) is 0 Å². The van der Waals surface area contributed by atoms with Crippen molar-refractivity contribution >= 4 is 16.9 Å². The van der Waals surface area contributed by atoms with E-state index in [1.54, 1.807) is 0 Å². The second kappa shape index (κ2) is 7.37. The molecule has 0 aliphatic carbocycles. The molecule has 26 heavy (non-hydrogen) atoms. The fourth-order valence-corrected chi connectivity index (χ4v) is 3.68. The van der Waals surface area contributed by atoms with Crippen molar-refractivity contribution in [2.24, 2.45) is 0 Å². The van der Waals surface area contributed by atoms with Gasteiger partial charge in [0.1, 0.15) is 17.0 Å². The minimum atomic E-state index is 0.259. The number of anilines is 1. The smallest absolute Gasteiger partial charge is 0.263 e. The van der Waals surface area contributed by atoms with Crippen molar-refractivity contribution in [2.45, 2.75) is 39.2 Å². The van der Waals surface area contributed by atoms with Crippen molar-refractivity contribution in [3.05, 3.63) is 41.6 Å². The van der Waals surface area contributed by atoms with E-state index in [-0.39, 0.29) is 6.04 Å². The lowest BCUT2D eigenvalue weighted by Gasteiger charge is -2.35. The highest BCUT2D eigenvalue weighted by molar-refractivity contribution is 5.87. The maximum absolute atomic E-state index is 5.32. The summed E-state index contributed by atoms with van der Waals surface area (Å²) >= 11 is 0. The predicted octanol–water partition coefficient (Wildman–Crippen LogP) is 3.27. The molecule has 0 amide bonds. The number of rotatable bonds is 5. The highest BCUT2D eigenvalue weighted by Gasteiger charge is 2.23. The Morgan fingerprint density at radius 3 is 2.81 bits per heavy atom. The molecule has 1 atom stereocenters. The van der Waals surface area contributed by atoms with E-state index in [0.29, 0.717) is 11.5 Å². The topological polar surface area (TPSA) is 80.0 Å². The average Bonchev–Trinajstić information content (AvgIpc) is 3.04. The van der Waals surface area contributed by atoms with Crippen LogP contribution in [-0.4, -0.2) is 44.6 Å². The standard InChI is InChI=1S/C19H24N6O/c1-13-17-18(22-14(2)23-19(17)26-24-13)21-12-16(15-7-6-8-20-11-15)25-9-4-3-5-10-25/h6-8,11,16H,3-5,9-10,12H2,1-2H3,(H,21,22,23)/t16-/m1/s1. The number of hydrogen-bond acceptors (Lipinski definition) is 7. The molecule has 7 heteroatoms. The Morgan fingerprint density at radius 2 is 2.04 bits per heavy atom. The van der Waals surface area contributed by atoms with Gasteiger partial charge in [0, 0.05) is 18.9 Å². The third kappa shape index (κ3) is 3.39. The Morgan fingerprint density at radius 1 is 1.19 bits per heavy atom. The third-order valence-electron chi connectivity index (χ3n) is 4.98. The Labute approximate surface area is 152 Å². The Bertz CT molecular complexity index is 872. The molecular formula is C19H24N6O. The first-order chi connectivity index (χ1) is 12.7. The molecule has 1 fully saturated rings. The van der Waals surface area contributed by atoms with Crippen molar-refractivity contribution in [3.63, 3.8) is 0 Å². The first kappa shape index (κ1) is 16.9. The predicted molar refractivity (Wildman–Crippen MR) is 100.0 cm³/mol. The Hall–Kier alpha value is -2.54. The Kier molecular flexibility index (Phi) is 4.79. The van der Waals surface area contributed by atoms with Gasteiger partial charge in [-0.1, -0.05) is 17.6 Å². The lowest BCUT2D eigenvalue weighted by molar-refractivity contribution is 0.170. The molecule has 0 radical (unpaired) electrons. The number of likely N-dealkylation sites (tertiary alicyclic amines) is 1. The summed E-state index contributed by atoms with van der Waals surface area (Å²) in [5.41, 5.74) is 2.57. The zero-order valence-electron chi connectivity index (χ0n) is 15.3. The molecule has 4 rings (SSSR count). The zero-order valence-corrected chi connectivity index (χ0v) is 15.3. The van der Waals surface area contributed by atoms with Gasteiger partial charge in [0.25, 0.3) is 5.71 Å². The van der Waals surface area contributed by atoms with Crippen LogP contribution < -0.4 is 5.32 Å². The fourth-order valence-electron chi connectivity index (χ4n) is 3.68. The number of aryl methyl sites for hydroxylation is 2. The van der Waals surface area contributed by atoms with E-state index in [0.717, 1.165) is 36.5 Å². The monoisotopic (exact) mass is 352 g/mol. The normalized spacial score (nSPS) is 16.7. The van der Waals surface area contributed by atoms with E-state index in [4.69, 9.17) is 4.52 Å². The summed E-state index contributed by atoms with van der Waals surface area (Å²) in [6, 6.07) is 4.41. The van der Waals surface area contributed by atoms with Crippen LogP contribution in [0.5, 0.6) is 0 Å². The molecule has 0 bridgehead atoms. The molecular weight excluding hydrogens is 328 g/mol. The molecule has 4 heterocycles. The second-order valence-electron chi connectivity index (χ2n) is 6.85. The molecule has 0 saturated carbocycles. The van der Waals surface area contributed by atoms with E-state index < -0.39 is 0 Å². The lowest BCUT2D eigenvalue weighted by atomic mass is 10.0. The van der Waals surface area contributed by atoms with E-state index in [2.05, 4.69) is 36.4 Å². The summed E-state index contributed by atoms with van der Waals surface area (Å²) in [7, 11) is 0. The van der Waals surface area contributed by atoms with E-state index in [9.17, 15) is 0 Å². The highest BCUT2D eigenvalue weighted by Crippen LogP contribution is 2.27. The van der Waals surface area contributed by atoms with Crippen LogP contribution in [0.25, 0.3) is 11.1 Å². The first-order valence-electron chi connectivity index (χ1n) is 9.21. The number of pyridine rings is 1. The molecule has 0 spiro atoms. The number of hydrogen-bond donors (Lipinski definition) is 1. The third-order valence-corrected chi connectivity index (χ3v) is 4.98. The molecule has 3 aromatic rings. The molecule has 0 unspecified atom stereocenters. The van der Waals surface area contributed by atoms with Crippen LogP contribution >= 0.6 is 0 Å². The summed E-state index contributed by atoms with van der Waals surface area (Å²) in [5, 5.41) is 8.43. The van der Waals surface area contributed by atoms with Gasteiger partial charge in [0.05, 0.1) is 11.7 Å². The SMILES string of the molecule is Cc1nc(NC[C@H](c2cccnc2)N2CCCCC2)c2c(C)noc2n1. The van der Waals surface area contributed by atoms with Crippen LogP contribution in [0.1, 0.15) is 42.4 Å². The summed E-state index contributed by atoms with van der Waals surface area (Å²) < 4.78 is 5.32. The molecule has 7 nitrogen and oxygen atoms in total. The minimum absolute atomic E-state index is 0.259. The molecule has 1 saturated heterocycles. The zero-order chi connectivity index (χ0) is 17.9. The van der Waals surface area contributed by atoms with Crippen molar-refractivity contribution in [3.8, 4) is 0 Å². The summed E-state index contributed by atoms with van der Waals surface area (Å²) in [6.45, 7) is 6.77. The van der Waals surface area contributed by atoms with Gasteiger partial charge in [0.2, 0.25) is 0 Å². The van der Waals surface area contributed by atoms with Gasteiger partial charge in [-0.2, -0.15) is 4.98 Å². The number of nitrogens with zero attached hydrogens (tertiary/aromatic N) is 5. The summed E-state index contributed by atoms with van der Waals surface area (Å²) in [4.78, 5) is 15.8. The van der Waals surface area contributed by atoms with Crippen molar-refractivity contribution in [2.75, 3.05) is 25.0 Å². The molecule has 3 aromatic heterocycles. The molecule has 1 aliphatic heterocycles. The Balaban J connectivity index is 1.61. The van der Waals surface area contributed by atoms with Crippen LogP contribution in [0.15, 0.2) is 29.0 Å². The van der Waals surface area contributed by atoms with Crippen LogP contribution in [0.4, 0.5) is 5.82 Å². The number of fused-ring (bicyclic) bond motifs is 1. The molecule has 1 N–H and O–H groups in total. The van der Waals surface area contributed by atoms with Crippen LogP contribution in [0.2, 0.25) is 0 Å². The molecule has 0 aromatic carbocycles. The van der Waals surface area contributed by atoms with Crippen LogP contribution in [0.3, 0.4) is 0 Å². The highest BCUT2D eigenvalue weighted by atomic mass is 16.5. The van der Waals surface area contributed by atoms with Gasteiger partial charge in [-0.25, -0.2) is 4.98 Å². The van der Waals surface area contributed by atoms with Gasteiger partial charge >= 0.3 is 0 Å². The maximum Gasteiger partial charge on any atom is 0.263 e. The van der Waals surface area contributed by atoms with Crippen molar-refractivity contribution in [1.29, 1.82) is 0 Å².